The second kappa shape index (κ2) is 8.57. The first-order chi connectivity index (χ1) is 14.0. The van der Waals surface area contributed by atoms with Gasteiger partial charge in [0.25, 0.3) is 5.56 Å². The fourth-order valence-electron chi connectivity index (χ4n) is 3.19. The van der Waals surface area contributed by atoms with Crippen LogP contribution in [0.1, 0.15) is 5.56 Å². The number of nitrogens with zero attached hydrogens (tertiary/aromatic N) is 3. The molecule has 0 atom stereocenters. The zero-order valence-electron chi connectivity index (χ0n) is 15.9. The number of benzene rings is 2. The molecule has 0 unspecified atom stereocenters. The summed E-state index contributed by atoms with van der Waals surface area (Å²) in [5.41, 5.74) is 2.15. The summed E-state index contributed by atoms with van der Waals surface area (Å²) in [6.45, 7) is 4.27. The standard InChI is InChI=1S/C21H20ClN3O3S/c1-14-2-5-16(6-3-14)25-20(27)17-7-4-15(22)12-18(17)23-21(25)29-13-19(26)24-8-10-28-11-9-24/h2-7,12H,8-11,13H2,1H3. The predicted molar refractivity (Wildman–Crippen MR) is 115 cm³/mol. The first kappa shape index (κ1) is 19.9. The maximum absolute atomic E-state index is 13.2. The normalized spacial score (nSPS) is 14.3. The van der Waals surface area contributed by atoms with Crippen molar-refractivity contribution in [2.45, 2.75) is 12.1 Å². The van der Waals surface area contributed by atoms with E-state index in [0.29, 0.717) is 53.1 Å². The summed E-state index contributed by atoms with van der Waals surface area (Å²) in [6, 6.07) is 12.7. The number of halogens is 1. The third-order valence-electron chi connectivity index (χ3n) is 4.78. The first-order valence-corrected chi connectivity index (χ1v) is 10.7. The van der Waals surface area contributed by atoms with Crippen molar-refractivity contribution in [3.63, 3.8) is 0 Å². The molecule has 0 spiro atoms. The molecule has 1 aliphatic rings. The second-order valence-corrected chi connectivity index (χ2v) is 8.19. The summed E-state index contributed by atoms with van der Waals surface area (Å²) in [5.74, 6) is 0.207. The Morgan fingerprint density at radius 3 is 2.62 bits per heavy atom. The van der Waals surface area contributed by atoms with Crippen molar-refractivity contribution < 1.29 is 9.53 Å². The number of aromatic nitrogens is 2. The molecule has 3 aromatic rings. The molecule has 2 aromatic carbocycles. The lowest BCUT2D eigenvalue weighted by molar-refractivity contribution is -0.132. The molecule has 1 aromatic heterocycles. The van der Waals surface area contributed by atoms with Crippen LogP contribution in [0.2, 0.25) is 5.02 Å². The molecule has 29 heavy (non-hydrogen) atoms. The highest BCUT2D eigenvalue weighted by Crippen LogP contribution is 2.23. The second-order valence-electron chi connectivity index (χ2n) is 6.81. The van der Waals surface area contributed by atoms with Crippen LogP contribution >= 0.6 is 23.4 Å². The number of aryl methyl sites for hydroxylation is 1. The van der Waals surface area contributed by atoms with Crippen molar-refractivity contribution in [1.29, 1.82) is 0 Å². The minimum atomic E-state index is -0.183. The van der Waals surface area contributed by atoms with E-state index in [4.69, 9.17) is 16.3 Å². The molecule has 0 radical (unpaired) electrons. The Labute approximate surface area is 177 Å². The Morgan fingerprint density at radius 1 is 1.17 bits per heavy atom. The van der Waals surface area contributed by atoms with Crippen LogP contribution < -0.4 is 5.56 Å². The van der Waals surface area contributed by atoms with E-state index in [0.717, 1.165) is 5.56 Å². The molecule has 150 valence electrons. The Bertz CT molecular complexity index is 1110. The lowest BCUT2D eigenvalue weighted by Crippen LogP contribution is -2.41. The highest BCUT2D eigenvalue weighted by Gasteiger charge is 2.19. The Kier molecular flexibility index (Phi) is 5.89. The molecule has 0 aliphatic carbocycles. The van der Waals surface area contributed by atoms with Gasteiger partial charge in [0, 0.05) is 18.1 Å². The Balaban J connectivity index is 1.73. The van der Waals surface area contributed by atoms with Gasteiger partial charge in [0.05, 0.1) is 35.6 Å². The number of carbonyl (C=O) groups excluding carboxylic acids is 1. The molecule has 4 rings (SSSR count). The lowest BCUT2D eigenvalue weighted by Gasteiger charge is -2.26. The zero-order chi connectivity index (χ0) is 20.4. The number of morpholine rings is 1. The minimum Gasteiger partial charge on any atom is -0.378 e. The van der Waals surface area contributed by atoms with Crippen molar-refractivity contribution in [1.82, 2.24) is 14.5 Å². The van der Waals surface area contributed by atoms with E-state index >= 15 is 0 Å². The first-order valence-electron chi connectivity index (χ1n) is 9.30. The van der Waals surface area contributed by atoms with Crippen LogP contribution in [-0.4, -0.2) is 52.4 Å². The molecule has 1 fully saturated rings. The molecule has 1 amide bonds. The fraction of sp³-hybridized carbons (Fsp3) is 0.286. The van der Waals surface area contributed by atoms with Gasteiger partial charge in [-0.2, -0.15) is 0 Å². The average molecular weight is 430 g/mol. The quantitative estimate of drug-likeness (QED) is 0.470. The van der Waals surface area contributed by atoms with E-state index in [2.05, 4.69) is 4.98 Å². The smallest absolute Gasteiger partial charge is 0.266 e. The highest BCUT2D eigenvalue weighted by atomic mass is 35.5. The van der Waals surface area contributed by atoms with Crippen molar-refractivity contribution in [3.8, 4) is 5.69 Å². The molecule has 0 bridgehead atoms. The van der Waals surface area contributed by atoms with Crippen LogP contribution in [0.15, 0.2) is 52.4 Å². The van der Waals surface area contributed by atoms with Gasteiger partial charge in [-0.3, -0.25) is 14.2 Å². The monoisotopic (exact) mass is 429 g/mol. The van der Waals surface area contributed by atoms with Crippen molar-refractivity contribution in [3.05, 3.63) is 63.4 Å². The third-order valence-corrected chi connectivity index (χ3v) is 5.94. The van der Waals surface area contributed by atoms with Gasteiger partial charge < -0.3 is 9.64 Å². The van der Waals surface area contributed by atoms with Crippen molar-refractivity contribution in [2.24, 2.45) is 0 Å². The van der Waals surface area contributed by atoms with Gasteiger partial charge in [-0.25, -0.2) is 4.98 Å². The van der Waals surface area contributed by atoms with E-state index < -0.39 is 0 Å². The molecule has 2 heterocycles. The van der Waals surface area contributed by atoms with Gasteiger partial charge in [0.1, 0.15) is 0 Å². The van der Waals surface area contributed by atoms with E-state index in [1.54, 1.807) is 27.7 Å². The lowest BCUT2D eigenvalue weighted by atomic mass is 10.2. The van der Waals surface area contributed by atoms with Gasteiger partial charge in [-0.15, -0.1) is 0 Å². The Hall–Kier alpha value is -2.35. The average Bonchev–Trinajstić information content (AvgIpc) is 2.73. The van der Waals surface area contributed by atoms with Crippen LogP contribution in [-0.2, 0) is 9.53 Å². The van der Waals surface area contributed by atoms with Gasteiger partial charge in [0.2, 0.25) is 5.91 Å². The molecular weight excluding hydrogens is 410 g/mol. The van der Waals surface area contributed by atoms with Gasteiger partial charge >= 0.3 is 0 Å². The summed E-state index contributed by atoms with van der Waals surface area (Å²) in [7, 11) is 0. The molecule has 6 nitrogen and oxygen atoms in total. The van der Waals surface area contributed by atoms with Gasteiger partial charge in [-0.05, 0) is 37.3 Å². The van der Waals surface area contributed by atoms with Gasteiger partial charge in [-0.1, -0.05) is 41.1 Å². The molecule has 0 N–H and O–H groups in total. The van der Waals surface area contributed by atoms with Crippen LogP contribution in [0.5, 0.6) is 0 Å². The van der Waals surface area contributed by atoms with E-state index in [1.807, 2.05) is 31.2 Å². The predicted octanol–water partition coefficient (Wildman–Crippen LogP) is 3.30. The van der Waals surface area contributed by atoms with Crippen LogP contribution in [0.3, 0.4) is 0 Å². The van der Waals surface area contributed by atoms with E-state index in [1.165, 1.54) is 11.8 Å². The minimum absolute atomic E-state index is 0.00851. The molecule has 8 heteroatoms. The number of rotatable bonds is 4. The number of hydrogen-bond donors (Lipinski definition) is 0. The molecule has 1 aliphatic heterocycles. The number of carbonyl (C=O) groups is 1. The summed E-state index contributed by atoms with van der Waals surface area (Å²) in [6.07, 6.45) is 0. The maximum Gasteiger partial charge on any atom is 0.266 e. The van der Waals surface area contributed by atoms with E-state index in [9.17, 15) is 9.59 Å². The molecule has 1 saturated heterocycles. The largest absolute Gasteiger partial charge is 0.378 e. The number of fused-ring (bicyclic) bond motifs is 1. The van der Waals surface area contributed by atoms with Crippen molar-refractivity contribution >= 4 is 40.2 Å². The molecular formula is C21H20ClN3O3S. The third kappa shape index (κ3) is 4.32. The maximum atomic E-state index is 13.2. The Morgan fingerprint density at radius 2 is 1.90 bits per heavy atom. The summed E-state index contributed by atoms with van der Waals surface area (Å²) in [4.78, 5) is 32.3. The summed E-state index contributed by atoms with van der Waals surface area (Å²) >= 11 is 7.36. The van der Waals surface area contributed by atoms with Crippen LogP contribution in [0.4, 0.5) is 0 Å². The topological polar surface area (TPSA) is 64.4 Å². The number of thioether (sulfide) groups is 1. The zero-order valence-corrected chi connectivity index (χ0v) is 17.5. The summed E-state index contributed by atoms with van der Waals surface area (Å²) < 4.78 is 6.87. The van der Waals surface area contributed by atoms with Crippen LogP contribution in [0, 0.1) is 6.92 Å². The van der Waals surface area contributed by atoms with E-state index in [-0.39, 0.29) is 17.2 Å². The summed E-state index contributed by atoms with van der Waals surface area (Å²) in [5, 5.41) is 1.46. The number of hydrogen-bond acceptors (Lipinski definition) is 5. The fourth-order valence-corrected chi connectivity index (χ4v) is 4.27. The van der Waals surface area contributed by atoms with Crippen LogP contribution in [0.25, 0.3) is 16.6 Å². The number of ether oxygens (including phenoxy) is 1. The molecule has 0 saturated carbocycles. The van der Waals surface area contributed by atoms with Gasteiger partial charge in [0.15, 0.2) is 5.16 Å². The number of amides is 1. The highest BCUT2D eigenvalue weighted by molar-refractivity contribution is 7.99. The SMILES string of the molecule is Cc1ccc(-n2c(SCC(=O)N3CCOCC3)nc3cc(Cl)ccc3c2=O)cc1. The van der Waals surface area contributed by atoms with Crippen molar-refractivity contribution in [2.75, 3.05) is 32.1 Å².